The molecule has 0 bridgehead atoms. The van der Waals surface area contributed by atoms with Crippen LogP contribution in [0.4, 0.5) is 0 Å². The first-order valence-corrected chi connectivity index (χ1v) is 5.48. The fourth-order valence-corrected chi connectivity index (χ4v) is 2.57. The standard InChI is InChI=1S/C10H9Cl3/c11-6-10(3-4-10)8-2-1-7(12)5-9(8)13/h1-2,5H,3-4,6H2. The van der Waals surface area contributed by atoms with Gasteiger partial charge in [-0.05, 0) is 30.5 Å². The van der Waals surface area contributed by atoms with E-state index in [1.165, 1.54) is 0 Å². The van der Waals surface area contributed by atoms with Crippen LogP contribution in [0.5, 0.6) is 0 Å². The molecule has 1 aromatic rings. The van der Waals surface area contributed by atoms with Crippen LogP contribution in [0.25, 0.3) is 0 Å². The van der Waals surface area contributed by atoms with Gasteiger partial charge in [0.2, 0.25) is 0 Å². The topological polar surface area (TPSA) is 0 Å². The van der Waals surface area contributed by atoms with Gasteiger partial charge in [0.05, 0.1) is 0 Å². The molecule has 3 heteroatoms. The summed E-state index contributed by atoms with van der Waals surface area (Å²) in [6.45, 7) is 0. The molecule has 0 N–H and O–H groups in total. The summed E-state index contributed by atoms with van der Waals surface area (Å²) in [7, 11) is 0. The van der Waals surface area contributed by atoms with Crippen LogP contribution in [-0.2, 0) is 5.41 Å². The van der Waals surface area contributed by atoms with Crippen molar-refractivity contribution in [1.82, 2.24) is 0 Å². The molecule has 0 aliphatic heterocycles. The number of benzene rings is 1. The van der Waals surface area contributed by atoms with Gasteiger partial charge in [0.1, 0.15) is 0 Å². The van der Waals surface area contributed by atoms with E-state index < -0.39 is 0 Å². The van der Waals surface area contributed by atoms with Crippen LogP contribution in [0.15, 0.2) is 18.2 Å². The second-order valence-electron chi connectivity index (χ2n) is 3.54. The minimum absolute atomic E-state index is 0.142. The van der Waals surface area contributed by atoms with E-state index in [1.54, 1.807) is 6.07 Å². The SMILES string of the molecule is ClCC1(c2ccc(Cl)cc2Cl)CC1. The summed E-state index contributed by atoms with van der Waals surface area (Å²) in [4.78, 5) is 0. The minimum atomic E-state index is 0.142. The first-order chi connectivity index (χ1) is 6.18. The van der Waals surface area contributed by atoms with Crippen molar-refractivity contribution in [3.8, 4) is 0 Å². The molecule has 0 heterocycles. The molecule has 1 fully saturated rings. The Labute approximate surface area is 92.8 Å². The summed E-state index contributed by atoms with van der Waals surface area (Å²) >= 11 is 17.8. The molecular weight excluding hydrogens is 226 g/mol. The van der Waals surface area contributed by atoms with Crippen molar-refractivity contribution in [3.05, 3.63) is 33.8 Å². The summed E-state index contributed by atoms with van der Waals surface area (Å²) in [5.74, 6) is 0.647. The van der Waals surface area contributed by atoms with Crippen LogP contribution in [-0.4, -0.2) is 5.88 Å². The normalized spacial score (nSPS) is 18.7. The highest BCUT2D eigenvalue weighted by atomic mass is 35.5. The Morgan fingerprint density at radius 1 is 1.23 bits per heavy atom. The molecule has 0 unspecified atom stereocenters. The molecule has 0 radical (unpaired) electrons. The summed E-state index contributed by atoms with van der Waals surface area (Å²) in [5.41, 5.74) is 1.29. The van der Waals surface area contributed by atoms with E-state index in [0.29, 0.717) is 10.9 Å². The average Bonchev–Trinajstić information content (AvgIpc) is 2.85. The van der Waals surface area contributed by atoms with Gasteiger partial charge in [-0.15, -0.1) is 11.6 Å². The zero-order valence-corrected chi connectivity index (χ0v) is 9.26. The Hall–Kier alpha value is 0.0900. The molecule has 0 saturated heterocycles. The maximum atomic E-state index is 6.09. The number of hydrogen-bond donors (Lipinski definition) is 0. The summed E-state index contributed by atoms with van der Waals surface area (Å²) < 4.78 is 0. The zero-order chi connectivity index (χ0) is 9.47. The highest BCUT2D eigenvalue weighted by molar-refractivity contribution is 6.35. The van der Waals surface area contributed by atoms with Crippen molar-refractivity contribution < 1.29 is 0 Å². The van der Waals surface area contributed by atoms with Crippen molar-refractivity contribution in [2.24, 2.45) is 0 Å². The summed E-state index contributed by atoms with van der Waals surface area (Å²) in [6.07, 6.45) is 2.27. The largest absolute Gasteiger partial charge is 0.126 e. The monoisotopic (exact) mass is 234 g/mol. The van der Waals surface area contributed by atoms with Gasteiger partial charge < -0.3 is 0 Å². The number of halogens is 3. The Morgan fingerprint density at radius 2 is 1.92 bits per heavy atom. The fraction of sp³-hybridized carbons (Fsp3) is 0.400. The smallest absolute Gasteiger partial charge is 0.0458 e. The molecule has 1 saturated carbocycles. The van der Waals surface area contributed by atoms with E-state index >= 15 is 0 Å². The number of alkyl halides is 1. The predicted octanol–water partition coefficient (Wildman–Crippen LogP) is 4.26. The molecule has 0 nitrogen and oxygen atoms in total. The number of hydrogen-bond acceptors (Lipinski definition) is 0. The lowest BCUT2D eigenvalue weighted by molar-refractivity contribution is 0.797. The van der Waals surface area contributed by atoms with Gasteiger partial charge in [-0.3, -0.25) is 0 Å². The van der Waals surface area contributed by atoms with Gasteiger partial charge in [0.25, 0.3) is 0 Å². The Morgan fingerprint density at radius 3 is 2.38 bits per heavy atom. The molecule has 70 valence electrons. The van der Waals surface area contributed by atoms with E-state index in [1.807, 2.05) is 12.1 Å². The van der Waals surface area contributed by atoms with Crippen LogP contribution in [0.1, 0.15) is 18.4 Å². The van der Waals surface area contributed by atoms with E-state index in [4.69, 9.17) is 34.8 Å². The molecule has 13 heavy (non-hydrogen) atoms. The van der Waals surface area contributed by atoms with E-state index in [2.05, 4.69) is 0 Å². The van der Waals surface area contributed by atoms with Crippen LogP contribution in [0.3, 0.4) is 0 Å². The summed E-state index contributed by atoms with van der Waals surface area (Å²) in [5, 5.41) is 1.42. The lowest BCUT2D eigenvalue weighted by Gasteiger charge is -2.13. The highest BCUT2D eigenvalue weighted by Crippen LogP contribution is 2.51. The highest BCUT2D eigenvalue weighted by Gasteiger charge is 2.44. The van der Waals surface area contributed by atoms with Gasteiger partial charge in [0, 0.05) is 21.3 Å². The third-order valence-electron chi connectivity index (χ3n) is 2.61. The van der Waals surface area contributed by atoms with Gasteiger partial charge in [-0.2, -0.15) is 0 Å². The molecule has 1 aliphatic carbocycles. The third-order valence-corrected chi connectivity index (χ3v) is 3.67. The lowest BCUT2D eigenvalue weighted by atomic mass is 9.98. The van der Waals surface area contributed by atoms with Gasteiger partial charge in [-0.1, -0.05) is 29.3 Å². The van der Waals surface area contributed by atoms with Crippen LogP contribution >= 0.6 is 34.8 Å². The van der Waals surface area contributed by atoms with Crippen molar-refractivity contribution in [1.29, 1.82) is 0 Å². The van der Waals surface area contributed by atoms with E-state index in [-0.39, 0.29) is 5.41 Å². The first-order valence-electron chi connectivity index (χ1n) is 4.19. The second kappa shape index (κ2) is 3.34. The maximum Gasteiger partial charge on any atom is 0.0458 e. The maximum absolute atomic E-state index is 6.09. The van der Waals surface area contributed by atoms with Crippen LogP contribution < -0.4 is 0 Å². The first kappa shape index (κ1) is 9.64. The van der Waals surface area contributed by atoms with Crippen molar-refractivity contribution in [2.45, 2.75) is 18.3 Å². The van der Waals surface area contributed by atoms with Gasteiger partial charge >= 0.3 is 0 Å². The Balaban J connectivity index is 2.41. The zero-order valence-electron chi connectivity index (χ0n) is 6.99. The van der Waals surface area contributed by atoms with Crippen LogP contribution in [0.2, 0.25) is 10.0 Å². The van der Waals surface area contributed by atoms with Crippen molar-refractivity contribution in [3.63, 3.8) is 0 Å². The lowest BCUT2D eigenvalue weighted by Crippen LogP contribution is -2.08. The van der Waals surface area contributed by atoms with E-state index in [9.17, 15) is 0 Å². The molecule has 0 amide bonds. The Bertz CT molecular complexity index is 329. The molecule has 0 atom stereocenters. The third kappa shape index (κ3) is 1.68. The fourth-order valence-electron chi connectivity index (χ4n) is 1.55. The van der Waals surface area contributed by atoms with Crippen molar-refractivity contribution >= 4 is 34.8 Å². The van der Waals surface area contributed by atoms with Crippen molar-refractivity contribution in [2.75, 3.05) is 5.88 Å². The molecule has 2 rings (SSSR count). The minimum Gasteiger partial charge on any atom is -0.126 e. The Kier molecular flexibility index (Phi) is 2.48. The summed E-state index contributed by atoms with van der Waals surface area (Å²) in [6, 6.07) is 5.64. The van der Waals surface area contributed by atoms with E-state index in [0.717, 1.165) is 23.4 Å². The van der Waals surface area contributed by atoms with Gasteiger partial charge in [-0.25, -0.2) is 0 Å². The molecule has 1 aliphatic rings. The average molecular weight is 236 g/mol. The second-order valence-corrected chi connectivity index (χ2v) is 4.65. The number of rotatable bonds is 2. The molecule has 1 aromatic carbocycles. The molecule has 0 aromatic heterocycles. The quantitative estimate of drug-likeness (QED) is 0.672. The van der Waals surface area contributed by atoms with Crippen LogP contribution in [0, 0.1) is 0 Å². The van der Waals surface area contributed by atoms with Gasteiger partial charge in [0.15, 0.2) is 0 Å². The molecule has 0 spiro atoms. The predicted molar refractivity (Wildman–Crippen MR) is 58.1 cm³/mol. The molecular formula is C10H9Cl3.